The van der Waals surface area contributed by atoms with E-state index in [1.54, 1.807) is 4.90 Å². The minimum atomic E-state index is -0.565. The number of nitrogens with zero attached hydrogens (tertiary/aromatic N) is 1. The summed E-state index contributed by atoms with van der Waals surface area (Å²) in [4.78, 5) is 25.2. The number of amides is 2. The largest absolute Gasteiger partial charge is 0.453 e. The Morgan fingerprint density at radius 3 is 2.24 bits per heavy atom. The minimum absolute atomic E-state index is 0.0347. The van der Waals surface area contributed by atoms with Crippen LogP contribution in [0.15, 0.2) is 0 Å². The first-order valence-electron chi connectivity index (χ1n) is 6.11. The third-order valence-corrected chi connectivity index (χ3v) is 2.58. The molecule has 1 N–H and O–H groups in total. The van der Waals surface area contributed by atoms with Crippen LogP contribution in [0.25, 0.3) is 0 Å². The van der Waals surface area contributed by atoms with Gasteiger partial charge in [-0.15, -0.1) is 0 Å². The van der Waals surface area contributed by atoms with Gasteiger partial charge in [0.25, 0.3) is 0 Å². The van der Waals surface area contributed by atoms with Crippen molar-refractivity contribution < 1.29 is 14.3 Å². The molecule has 1 atom stereocenters. The molecule has 0 aliphatic rings. The number of alkyl carbamates (subject to hydrolysis) is 1. The normalized spacial score (nSPS) is 12.1. The van der Waals surface area contributed by atoms with Gasteiger partial charge in [-0.3, -0.25) is 4.79 Å². The van der Waals surface area contributed by atoms with Gasteiger partial charge in [-0.25, -0.2) is 4.79 Å². The van der Waals surface area contributed by atoms with Gasteiger partial charge in [0.1, 0.15) is 6.04 Å². The molecular formula is C12H24N2O3. The molecule has 0 rings (SSSR count). The highest BCUT2D eigenvalue weighted by Crippen LogP contribution is 2.07. The standard InChI is InChI=1S/C12H24N2O3/c1-6-8-14(7-2)11(15)10(9(3)4)13-12(16)17-5/h9-10H,6-8H2,1-5H3,(H,13,16). The average Bonchev–Trinajstić information content (AvgIpc) is 2.31. The van der Waals surface area contributed by atoms with E-state index in [0.717, 1.165) is 6.42 Å². The van der Waals surface area contributed by atoms with E-state index < -0.39 is 12.1 Å². The van der Waals surface area contributed by atoms with Gasteiger partial charge >= 0.3 is 6.09 Å². The Labute approximate surface area is 103 Å². The molecule has 0 fully saturated rings. The van der Waals surface area contributed by atoms with Crippen molar-refractivity contribution >= 4 is 12.0 Å². The Bertz CT molecular complexity index is 254. The lowest BCUT2D eigenvalue weighted by molar-refractivity contribution is -0.134. The summed E-state index contributed by atoms with van der Waals surface area (Å²) < 4.78 is 4.53. The number of rotatable bonds is 6. The molecule has 17 heavy (non-hydrogen) atoms. The number of likely N-dealkylation sites (N-methyl/N-ethyl adjacent to an activating group) is 1. The fourth-order valence-electron chi connectivity index (χ4n) is 1.59. The van der Waals surface area contributed by atoms with Gasteiger partial charge in [0, 0.05) is 13.1 Å². The molecule has 5 heteroatoms. The zero-order valence-electron chi connectivity index (χ0n) is 11.4. The van der Waals surface area contributed by atoms with E-state index in [2.05, 4.69) is 10.1 Å². The highest BCUT2D eigenvalue weighted by Gasteiger charge is 2.27. The zero-order chi connectivity index (χ0) is 13.4. The molecule has 1 unspecified atom stereocenters. The quantitative estimate of drug-likeness (QED) is 0.772. The lowest BCUT2D eigenvalue weighted by Crippen LogP contribution is -2.51. The molecule has 0 aromatic heterocycles. The summed E-state index contributed by atoms with van der Waals surface area (Å²) in [7, 11) is 1.29. The van der Waals surface area contributed by atoms with Crippen molar-refractivity contribution in [3.8, 4) is 0 Å². The molecule has 100 valence electrons. The molecule has 0 aliphatic carbocycles. The number of methoxy groups -OCH3 is 1. The smallest absolute Gasteiger partial charge is 0.407 e. The van der Waals surface area contributed by atoms with Crippen LogP contribution in [0.3, 0.4) is 0 Å². The second kappa shape index (κ2) is 7.92. The molecule has 0 spiro atoms. The number of ether oxygens (including phenoxy) is 1. The van der Waals surface area contributed by atoms with Gasteiger partial charge in [0.2, 0.25) is 5.91 Å². The van der Waals surface area contributed by atoms with Crippen molar-refractivity contribution in [2.24, 2.45) is 5.92 Å². The Balaban J connectivity index is 4.68. The molecule has 0 saturated carbocycles. The second-order valence-electron chi connectivity index (χ2n) is 4.28. The lowest BCUT2D eigenvalue weighted by atomic mass is 10.0. The summed E-state index contributed by atoms with van der Waals surface area (Å²) in [6.07, 6.45) is 0.340. The number of hydrogen-bond donors (Lipinski definition) is 1. The van der Waals surface area contributed by atoms with E-state index in [9.17, 15) is 9.59 Å². The molecule has 0 bridgehead atoms. The van der Waals surface area contributed by atoms with Crippen LogP contribution >= 0.6 is 0 Å². The maximum Gasteiger partial charge on any atom is 0.407 e. The monoisotopic (exact) mass is 244 g/mol. The molecule has 0 saturated heterocycles. The van der Waals surface area contributed by atoms with E-state index in [-0.39, 0.29) is 11.8 Å². The fraction of sp³-hybridized carbons (Fsp3) is 0.833. The molecule has 0 radical (unpaired) electrons. The second-order valence-corrected chi connectivity index (χ2v) is 4.28. The number of hydrogen-bond acceptors (Lipinski definition) is 3. The van der Waals surface area contributed by atoms with Crippen LogP contribution in [0.4, 0.5) is 4.79 Å². The van der Waals surface area contributed by atoms with E-state index >= 15 is 0 Å². The van der Waals surface area contributed by atoms with Crippen LogP contribution in [-0.4, -0.2) is 43.1 Å². The maximum atomic E-state index is 12.2. The summed E-state index contributed by atoms with van der Waals surface area (Å²) in [6, 6.07) is -0.519. The van der Waals surface area contributed by atoms with E-state index in [1.165, 1.54) is 7.11 Å². The third-order valence-electron chi connectivity index (χ3n) is 2.58. The lowest BCUT2D eigenvalue weighted by Gasteiger charge is -2.28. The van der Waals surface area contributed by atoms with E-state index in [0.29, 0.717) is 13.1 Å². The summed E-state index contributed by atoms with van der Waals surface area (Å²) in [5, 5.41) is 2.59. The van der Waals surface area contributed by atoms with Gasteiger partial charge < -0.3 is 15.0 Å². The van der Waals surface area contributed by atoms with Gasteiger partial charge in [-0.2, -0.15) is 0 Å². The Hall–Kier alpha value is -1.26. The van der Waals surface area contributed by atoms with Gasteiger partial charge in [0.05, 0.1) is 7.11 Å². The van der Waals surface area contributed by atoms with Crippen LogP contribution < -0.4 is 5.32 Å². The average molecular weight is 244 g/mol. The first-order valence-corrected chi connectivity index (χ1v) is 6.11. The summed E-state index contributed by atoms with van der Waals surface area (Å²) in [5.41, 5.74) is 0. The minimum Gasteiger partial charge on any atom is -0.453 e. The predicted molar refractivity (Wildman–Crippen MR) is 66.7 cm³/mol. The SMILES string of the molecule is CCCN(CC)C(=O)C(NC(=O)OC)C(C)C. The highest BCUT2D eigenvalue weighted by atomic mass is 16.5. The fourth-order valence-corrected chi connectivity index (χ4v) is 1.59. The van der Waals surface area contributed by atoms with E-state index in [1.807, 2.05) is 27.7 Å². The Kier molecular flexibility index (Phi) is 7.34. The van der Waals surface area contributed by atoms with Crippen molar-refractivity contribution in [3.05, 3.63) is 0 Å². The van der Waals surface area contributed by atoms with Crippen molar-refractivity contribution in [3.63, 3.8) is 0 Å². The Morgan fingerprint density at radius 2 is 1.88 bits per heavy atom. The molecular weight excluding hydrogens is 220 g/mol. The van der Waals surface area contributed by atoms with Crippen LogP contribution in [-0.2, 0) is 9.53 Å². The van der Waals surface area contributed by atoms with Crippen molar-refractivity contribution in [2.45, 2.75) is 40.2 Å². The number of carbonyl (C=O) groups excluding carboxylic acids is 2. The predicted octanol–water partition coefficient (Wildman–Crippen LogP) is 1.63. The van der Waals surface area contributed by atoms with Gasteiger partial charge in [0.15, 0.2) is 0 Å². The molecule has 0 aromatic carbocycles. The van der Waals surface area contributed by atoms with Crippen molar-refractivity contribution in [1.29, 1.82) is 0 Å². The summed E-state index contributed by atoms with van der Waals surface area (Å²) in [6.45, 7) is 9.12. The van der Waals surface area contributed by atoms with Crippen LogP contribution in [0.5, 0.6) is 0 Å². The summed E-state index contributed by atoms with van der Waals surface area (Å²) >= 11 is 0. The highest BCUT2D eigenvalue weighted by molar-refractivity contribution is 5.85. The topological polar surface area (TPSA) is 58.6 Å². The van der Waals surface area contributed by atoms with Crippen LogP contribution in [0.2, 0.25) is 0 Å². The molecule has 2 amide bonds. The van der Waals surface area contributed by atoms with Gasteiger partial charge in [-0.1, -0.05) is 20.8 Å². The zero-order valence-corrected chi connectivity index (χ0v) is 11.4. The molecule has 0 aromatic rings. The van der Waals surface area contributed by atoms with Crippen molar-refractivity contribution in [2.75, 3.05) is 20.2 Å². The molecule has 0 heterocycles. The summed E-state index contributed by atoms with van der Waals surface area (Å²) in [5.74, 6) is -0.0118. The Morgan fingerprint density at radius 1 is 1.29 bits per heavy atom. The van der Waals surface area contributed by atoms with E-state index in [4.69, 9.17) is 0 Å². The third kappa shape index (κ3) is 5.06. The van der Waals surface area contributed by atoms with Gasteiger partial charge in [-0.05, 0) is 19.3 Å². The number of nitrogens with one attached hydrogen (secondary N) is 1. The molecule has 0 aliphatic heterocycles. The van der Waals surface area contributed by atoms with Crippen LogP contribution in [0, 0.1) is 5.92 Å². The van der Waals surface area contributed by atoms with Crippen LogP contribution in [0.1, 0.15) is 34.1 Å². The first kappa shape index (κ1) is 15.7. The first-order chi connectivity index (χ1) is 7.97. The van der Waals surface area contributed by atoms with Crippen molar-refractivity contribution in [1.82, 2.24) is 10.2 Å². The molecule has 5 nitrogen and oxygen atoms in total. The maximum absolute atomic E-state index is 12.2. The number of carbonyl (C=O) groups is 2.